The van der Waals surface area contributed by atoms with Gasteiger partial charge in [-0.2, -0.15) is 5.10 Å². The Bertz CT molecular complexity index is 1040. The number of carbonyl (C=O) groups is 1. The number of aryl methyl sites for hydroxylation is 1. The molecule has 1 heterocycles. The second-order valence-electron chi connectivity index (χ2n) is 6.63. The largest absolute Gasteiger partial charge is 0.545 e. The molecule has 0 unspecified atom stereocenters. The average Bonchev–Trinajstić information content (AvgIpc) is 2.68. The first kappa shape index (κ1) is 19.2. The van der Waals surface area contributed by atoms with Crippen molar-refractivity contribution >= 4 is 17.3 Å². The number of aromatic carboxylic acids is 1. The molecule has 2 aromatic carbocycles. The van der Waals surface area contributed by atoms with Crippen molar-refractivity contribution in [3.63, 3.8) is 0 Å². The van der Waals surface area contributed by atoms with Crippen LogP contribution >= 0.6 is 0 Å². The number of ether oxygens (including phenoxy) is 1. The molecule has 28 heavy (non-hydrogen) atoms. The molecule has 0 aliphatic rings. The van der Waals surface area contributed by atoms with E-state index in [1.165, 1.54) is 35.6 Å². The number of anilines is 2. The van der Waals surface area contributed by atoms with E-state index in [-0.39, 0.29) is 22.6 Å². The van der Waals surface area contributed by atoms with Crippen LogP contribution in [0, 0.1) is 0 Å². The Morgan fingerprint density at radius 1 is 1.11 bits per heavy atom. The Morgan fingerprint density at radius 2 is 1.75 bits per heavy atom. The zero-order valence-corrected chi connectivity index (χ0v) is 15.8. The third-order valence-electron chi connectivity index (χ3n) is 4.27. The lowest BCUT2D eigenvalue weighted by atomic mass is 10.0. The molecule has 0 fully saturated rings. The molecular formula is C21H20N3O4-. The van der Waals surface area contributed by atoms with E-state index in [0.29, 0.717) is 17.4 Å². The van der Waals surface area contributed by atoms with E-state index >= 15 is 0 Å². The number of carboxylic acids is 1. The van der Waals surface area contributed by atoms with Gasteiger partial charge in [0.25, 0.3) is 5.56 Å². The summed E-state index contributed by atoms with van der Waals surface area (Å²) < 4.78 is 7.06. The van der Waals surface area contributed by atoms with Gasteiger partial charge in [-0.15, -0.1) is 0 Å². The van der Waals surface area contributed by atoms with Crippen LogP contribution in [-0.4, -0.2) is 15.7 Å². The summed E-state index contributed by atoms with van der Waals surface area (Å²) >= 11 is 0. The van der Waals surface area contributed by atoms with Crippen LogP contribution in [-0.2, 0) is 7.05 Å². The molecule has 0 atom stereocenters. The van der Waals surface area contributed by atoms with Crippen molar-refractivity contribution in [2.75, 3.05) is 5.32 Å². The summed E-state index contributed by atoms with van der Waals surface area (Å²) in [6.45, 7) is 4.21. The maximum Gasteiger partial charge on any atom is 0.294 e. The van der Waals surface area contributed by atoms with Crippen LogP contribution in [0.5, 0.6) is 11.5 Å². The van der Waals surface area contributed by atoms with Gasteiger partial charge in [0.15, 0.2) is 11.4 Å². The molecule has 0 saturated carbocycles. The Balaban J connectivity index is 1.91. The maximum absolute atomic E-state index is 12.6. The zero-order valence-electron chi connectivity index (χ0n) is 15.8. The smallest absolute Gasteiger partial charge is 0.294 e. The molecule has 0 aliphatic carbocycles. The van der Waals surface area contributed by atoms with Gasteiger partial charge in [0.1, 0.15) is 5.75 Å². The van der Waals surface area contributed by atoms with Gasteiger partial charge in [-0.25, -0.2) is 4.68 Å². The molecule has 0 radical (unpaired) electrons. The molecule has 144 valence electrons. The average molecular weight is 378 g/mol. The molecule has 1 aromatic heterocycles. The number of hydrogen-bond donors (Lipinski definition) is 1. The van der Waals surface area contributed by atoms with Gasteiger partial charge in [0, 0.05) is 12.7 Å². The first-order chi connectivity index (χ1) is 13.3. The van der Waals surface area contributed by atoms with Crippen molar-refractivity contribution in [1.29, 1.82) is 0 Å². The molecule has 3 rings (SSSR count). The fourth-order valence-electron chi connectivity index (χ4n) is 2.60. The number of benzene rings is 2. The van der Waals surface area contributed by atoms with Crippen LogP contribution in [0.1, 0.15) is 35.7 Å². The Morgan fingerprint density at radius 3 is 2.32 bits per heavy atom. The summed E-state index contributed by atoms with van der Waals surface area (Å²) in [4.78, 5) is 23.4. The van der Waals surface area contributed by atoms with Gasteiger partial charge in [-0.1, -0.05) is 38.1 Å². The summed E-state index contributed by atoms with van der Waals surface area (Å²) in [5.74, 6) is -0.0136. The SMILES string of the molecule is CC(C)c1ccc(Oc2cnn(C)c(=O)c2Nc2ccc(C(=O)[O-])cc2)cc1. The summed E-state index contributed by atoms with van der Waals surface area (Å²) in [6, 6.07) is 13.5. The van der Waals surface area contributed by atoms with Crippen molar-refractivity contribution in [3.8, 4) is 11.5 Å². The van der Waals surface area contributed by atoms with Crippen molar-refractivity contribution in [1.82, 2.24) is 9.78 Å². The molecule has 0 amide bonds. The standard InChI is InChI=1S/C21H21N3O4/c1-13(2)14-6-10-17(11-7-14)28-18-12-22-24(3)20(25)19(18)23-16-8-4-15(5-9-16)21(26)27/h4-13,23H,1-3H3,(H,26,27)/p-1. The van der Waals surface area contributed by atoms with Crippen LogP contribution in [0.2, 0.25) is 0 Å². The highest BCUT2D eigenvalue weighted by molar-refractivity contribution is 5.86. The fraction of sp³-hybridized carbons (Fsp3) is 0.190. The topological polar surface area (TPSA) is 96.3 Å². The first-order valence-corrected chi connectivity index (χ1v) is 8.77. The van der Waals surface area contributed by atoms with Gasteiger partial charge < -0.3 is 20.0 Å². The van der Waals surface area contributed by atoms with E-state index in [9.17, 15) is 14.7 Å². The quantitative estimate of drug-likeness (QED) is 0.708. The zero-order chi connectivity index (χ0) is 20.3. The van der Waals surface area contributed by atoms with Crippen LogP contribution in [0.15, 0.2) is 59.5 Å². The highest BCUT2D eigenvalue weighted by Gasteiger charge is 2.13. The Hall–Kier alpha value is -3.61. The van der Waals surface area contributed by atoms with E-state index in [0.717, 1.165) is 0 Å². The predicted octanol–water partition coefficient (Wildman–Crippen LogP) is 2.80. The molecule has 0 aliphatic heterocycles. The second-order valence-corrected chi connectivity index (χ2v) is 6.63. The van der Waals surface area contributed by atoms with Crippen LogP contribution in [0.3, 0.4) is 0 Å². The number of aromatic nitrogens is 2. The maximum atomic E-state index is 12.6. The second kappa shape index (κ2) is 7.96. The molecule has 7 nitrogen and oxygen atoms in total. The number of carbonyl (C=O) groups excluding carboxylic acids is 1. The van der Waals surface area contributed by atoms with Crippen LogP contribution in [0.4, 0.5) is 11.4 Å². The summed E-state index contributed by atoms with van der Waals surface area (Å²) in [6.07, 6.45) is 1.45. The van der Waals surface area contributed by atoms with E-state index in [1.807, 2.05) is 24.3 Å². The normalized spacial score (nSPS) is 10.7. The van der Waals surface area contributed by atoms with Crippen molar-refractivity contribution in [3.05, 3.63) is 76.2 Å². The Kier molecular flexibility index (Phi) is 5.44. The molecule has 3 aromatic rings. The Labute approximate surface area is 162 Å². The molecule has 1 N–H and O–H groups in total. The summed E-state index contributed by atoms with van der Waals surface area (Å²) in [7, 11) is 1.54. The first-order valence-electron chi connectivity index (χ1n) is 8.77. The number of nitrogens with zero attached hydrogens (tertiary/aromatic N) is 2. The molecule has 0 bridgehead atoms. The van der Waals surface area contributed by atoms with E-state index < -0.39 is 5.97 Å². The van der Waals surface area contributed by atoms with Crippen LogP contribution in [0.25, 0.3) is 0 Å². The van der Waals surface area contributed by atoms with E-state index in [4.69, 9.17) is 4.74 Å². The summed E-state index contributed by atoms with van der Waals surface area (Å²) in [5, 5.41) is 17.9. The highest BCUT2D eigenvalue weighted by Crippen LogP contribution is 2.29. The van der Waals surface area contributed by atoms with Gasteiger partial charge in [0.05, 0.1) is 12.2 Å². The van der Waals surface area contributed by atoms with Gasteiger partial charge in [0.2, 0.25) is 0 Å². The highest BCUT2D eigenvalue weighted by atomic mass is 16.5. The fourth-order valence-corrected chi connectivity index (χ4v) is 2.60. The van der Waals surface area contributed by atoms with Crippen molar-refractivity contribution < 1.29 is 14.6 Å². The lowest BCUT2D eigenvalue weighted by Crippen LogP contribution is -2.23. The third-order valence-corrected chi connectivity index (χ3v) is 4.27. The van der Waals surface area contributed by atoms with Crippen molar-refractivity contribution in [2.45, 2.75) is 19.8 Å². The predicted molar refractivity (Wildman–Crippen MR) is 104 cm³/mol. The lowest BCUT2D eigenvalue weighted by Gasteiger charge is -2.14. The van der Waals surface area contributed by atoms with Gasteiger partial charge in [-0.05, 0) is 41.3 Å². The third kappa shape index (κ3) is 4.20. The van der Waals surface area contributed by atoms with Crippen LogP contribution < -0.4 is 20.7 Å². The number of hydrogen-bond acceptors (Lipinski definition) is 6. The molecule has 7 heteroatoms. The number of carboxylic acid groups (broad SMARTS) is 1. The minimum absolute atomic E-state index is 0.0508. The molecule has 0 spiro atoms. The molecular weight excluding hydrogens is 358 g/mol. The lowest BCUT2D eigenvalue weighted by molar-refractivity contribution is -0.255. The van der Waals surface area contributed by atoms with Crippen molar-refractivity contribution in [2.24, 2.45) is 7.05 Å². The van der Waals surface area contributed by atoms with Gasteiger partial charge in [-0.3, -0.25) is 4.79 Å². The minimum Gasteiger partial charge on any atom is -0.545 e. The summed E-state index contributed by atoms with van der Waals surface area (Å²) in [5.41, 5.74) is 1.59. The minimum atomic E-state index is -1.26. The van der Waals surface area contributed by atoms with E-state index in [2.05, 4.69) is 24.3 Å². The molecule has 0 saturated heterocycles. The number of nitrogens with one attached hydrogen (secondary N) is 1. The number of rotatable bonds is 6. The van der Waals surface area contributed by atoms with E-state index in [1.54, 1.807) is 12.1 Å². The monoisotopic (exact) mass is 378 g/mol. The van der Waals surface area contributed by atoms with Gasteiger partial charge >= 0.3 is 0 Å².